The second-order valence-corrected chi connectivity index (χ2v) is 6.46. The zero-order valence-electron chi connectivity index (χ0n) is 15.5. The first-order valence-corrected chi connectivity index (χ1v) is 9.20. The summed E-state index contributed by atoms with van der Waals surface area (Å²) in [6.45, 7) is 2.51. The lowest BCUT2D eigenvalue weighted by atomic mass is 10.0. The van der Waals surface area contributed by atoms with Crippen molar-refractivity contribution in [2.75, 3.05) is 33.4 Å². The summed E-state index contributed by atoms with van der Waals surface area (Å²) in [6.07, 6.45) is 0.971. The van der Waals surface area contributed by atoms with Gasteiger partial charge in [0, 0.05) is 37.7 Å². The number of nitrogens with one attached hydrogen (secondary N) is 1. The van der Waals surface area contributed by atoms with Gasteiger partial charge in [-0.2, -0.15) is 0 Å². The Bertz CT molecular complexity index is 769. The maximum absolute atomic E-state index is 13.2. The molecule has 144 valence electrons. The third kappa shape index (κ3) is 4.98. The predicted octanol–water partition coefficient (Wildman–Crippen LogP) is 3.17. The number of rotatable bonds is 7. The van der Waals surface area contributed by atoms with E-state index in [9.17, 15) is 9.18 Å². The second kappa shape index (κ2) is 9.37. The summed E-state index contributed by atoms with van der Waals surface area (Å²) in [5.74, 6) is 1.04. The quantitative estimate of drug-likeness (QED) is 0.759. The molecule has 0 aliphatic carbocycles. The van der Waals surface area contributed by atoms with Gasteiger partial charge in [-0.3, -0.25) is 4.79 Å². The van der Waals surface area contributed by atoms with Crippen LogP contribution in [-0.2, 0) is 4.79 Å². The Balaban J connectivity index is 1.57. The van der Waals surface area contributed by atoms with Gasteiger partial charge in [-0.15, -0.1) is 0 Å². The van der Waals surface area contributed by atoms with E-state index in [1.165, 1.54) is 12.1 Å². The summed E-state index contributed by atoms with van der Waals surface area (Å²) in [7, 11) is 1.64. The van der Waals surface area contributed by atoms with Crippen LogP contribution in [0.15, 0.2) is 48.5 Å². The molecule has 27 heavy (non-hydrogen) atoms. The number of ether oxygens (including phenoxy) is 2. The largest absolute Gasteiger partial charge is 0.496 e. The zero-order chi connectivity index (χ0) is 19.1. The molecule has 1 unspecified atom stereocenters. The number of para-hydroxylation sites is 1. The Morgan fingerprint density at radius 2 is 2.11 bits per heavy atom. The van der Waals surface area contributed by atoms with Crippen LogP contribution in [0.4, 0.5) is 4.39 Å². The van der Waals surface area contributed by atoms with Crippen LogP contribution in [0.5, 0.6) is 11.5 Å². The van der Waals surface area contributed by atoms with Crippen LogP contribution in [0.2, 0.25) is 0 Å². The highest BCUT2D eigenvalue weighted by Gasteiger charge is 2.29. The Morgan fingerprint density at radius 1 is 1.26 bits per heavy atom. The van der Waals surface area contributed by atoms with Gasteiger partial charge in [0.2, 0.25) is 5.91 Å². The molecule has 2 aromatic rings. The third-order valence-corrected chi connectivity index (χ3v) is 4.66. The number of nitrogens with zero attached hydrogens (tertiary/aromatic N) is 1. The highest BCUT2D eigenvalue weighted by atomic mass is 19.1. The third-order valence-electron chi connectivity index (χ3n) is 4.66. The maximum atomic E-state index is 13.2. The number of halogens is 1. The molecule has 1 N–H and O–H groups in total. The van der Waals surface area contributed by atoms with E-state index in [-0.39, 0.29) is 17.8 Å². The summed E-state index contributed by atoms with van der Waals surface area (Å²) in [5, 5.41) is 3.35. The SMILES string of the molecule is COc1ccccc1C1CNCCN1C(=O)CCCOc1cccc(F)c1. The second-order valence-electron chi connectivity index (χ2n) is 6.46. The molecule has 1 fully saturated rings. The minimum Gasteiger partial charge on any atom is -0.496 e. The molecule has 2 aromatic carbocycles. The Morgan fingerprint density at radius 3 is 2.93 bits per heavy atom. The van der Waals surface area contributed by atoms with Crippen molar-refractivity contribution in [3.63, 3.8) is 0 Å². The van der Waals surface area contributed by atoms with Gasteiger partial charge in [-0.05, 0) is 24.6 Å². The number of hydrogen-bond donors (Lipinski definition) is 1. The van der Waals surface area contributed by atoms with Crippen molar-refractivity contribution in [2.45, 2.75) is 18.9 Å². The van der Waals surface area contributed by atoms with Gasteiger partial charge in [-0.1, -0.05) is 24.3 Å². The smallest absolute Gasteiger partial charge is 0.223 e. The van der Waals surface area contributed by atoms with E-state index in [0.717, 1.165) is 17.9 Å². The maximum Gasteiger partial charge on any atom is 0.223 e. The van der Waals surface area contributed by atoms with E-state index < -0.39 is 0 Å². The van der Waals surface area contributed by atoms with Gasteiger partial charge in [0.1, 0.15) is 17.3 Å². The van der Waals surface area contributed by atoms with Gasteiger partial charge >= 0.3 is 0 Å². The van der Waals surface area contributed by atoms with Crippen molar-refractivity contribution in [3.05, 3.63) is 59.9 Å². The lowest BCUT2D eigenvalue weighted by molar-refractivity contribution is -0.134. The molecule has 1 heterocycles. The highest BCUT2D eigenvalue weighted by molar-refractivity contribution is 5.77. The Kier molecular flexibility index (Phi) is 6.65. The predicted molar refractivity (Wildman–Crippen MR) is 101 cm³/mol. The van der Waals surface area contributed by atoms with E-state index >= 15 is 0 Å². The van der Waals surface area contributed by atoms with Crippen molar-refractivity contribution in [1.82, 2.24) is 10.2 Å². The van der Waals surface area contributed by atoms with Gasteiger partial charge in [0.15, 0.2) is 0 Å². The van der Waals surface area contributed by atoms with Crippen LogP contribution >= 0.6 is 0 Å². The molecule has 5 nitrogen and oxygen atoms in total. The molecule has 0 radical (unpaired) electrons. The molecule has 0 spiro atoms. The highest BCUT2D eigenvalue weighted by Crippen LogP contribution is 2.30. The molecule has 1 saturated heterocycles. The fourth-order valence-electron chi connectivity index (χ4n) is 3.34. The van der Waals surface area contributed by atoms with Gasteiger partial charge in [-0.25, -0.2) is 4.39 Å². The number of methoxy groups -OCH3 is 1. The van der Waals surface area contributed by atoms with E-state index in [1.807, 2.05) is 29.2 Å². The fraction of sp³-hybridized carbons (Fsp3) is 0.381. The van der Waals surface area contributed by atoms with Crippen LogP contribution in [0, 0.1) is 5.82 Å². The lowest BCUT2D eigenvalue weighted by Gasteiger charge is -2.37. The summed E-state index contributed by atoms with van der Waals surface area (Å²) < 4.78 is 24.2. The van der Waals surface area contributed by atoms with Gasteiger partial charge < -0.3 is 19.7 Å². The lowest BCUT2D eigenvalue weighted by Crippen LogP contribution is -2.48. The number of carbonyl (C=O) groups excluding carboxylic acids is 1. The molecular weight excluding hydrogens is 347 g/mol. The molecule has 1 atom stereocenters. The number of benzene rings is 2. The van der Waals surface area contributed by atoms with Crippen molar-refractivity contribution in [2.24, 2.45) is 0 Å². The number of hydrogen-bond acceptors (Lipinski definition) is 4. The van der Waals surface area contributed by atoms with Crippen molar-refractivity contribution >= 4 is 5.91 Å². The zero-order valence-corrected chi connectivity index (χ0v) is 15.5. The van der Waals surface area contributed by atoms with Crippen molar-refractivity contribution in [1.29, 1.82) is 0 Å². The molecule has 0 bridgehead atoms. The van der Waals surface area contributed by atoms with Crippen LogP contribution in [0.3, 0.4) is 0 Å². The Labute approximate surface area is 159 Å². The van der Waals surface area contributed by atoms with E-state index in [2.05, 4.69) is 5.32 Å². The topological polar surface area (TPSA) is 50.8 Å². The van der Waals surface area contributed by atoms with E-state index in [0.29, 0.717) is 38.3 Å². The summed E-state index contributed by atoms with van der Waals surface area (Å²) in [5.41, 5.74) is 1.01. The van der Waals surface area contributed by atoms with Crippen LogP contribution in [0.25, 0.3) is 0 Å². The molecule has 1 amide bonds. The molecular formula is C21H25FN2O3. The van der Waals surface area contributed by atoms with Crippen LogP contribution in [0.1, 0.15) is 24.4 Å². The van der Waals surface area contributed by atoms with Crippen LogP contribution < -0.4 is 14.8 Å². The monoisotopic (exact) mass is 372 g/mol. The average Bonchev–Trinajstić information content (AvgIpc) is 2.71. The summed E-state index contributed by atoms with van der Waals surface area (Å²) >= 11 is 0. The first-order valence-electron chi connectivity index (χ1n) is 9.20. The van der Waals surface area contributed by atoms with Crippen LogP contribution in [-0.4, -0.2) is 44.2 Å². The van der Waals surface area contributed by atoms with Crippen molar-refractivity contribution in [3.8, 4) is 11.5 Å². The normalized spacial score (nSPS) is 16.8. The summed E-state index contributed by atoms with van der Waals surface area (Å²) in [6, 6.07) is 13.8. The standard InChI is InChI=1S/C21H25FN2O3/c1-26-20-9-3-2-8-18(20)19-15-23-11-12-24(19)21(25)10-5-13-27-17-7-4-6-16(22)14-17/h2-4,6-9,14,19,23H,5,10-13,15H2,1H3. The Hall–Kier alpha value is -2.60. The molecule has 1 aliphatic heterocycles. The van der Waals surface area contributed by atoms with E-state index in [1.54, 1.807) is 19.2 Å². The van der Waals surface area contributed by atoms with E-state index in [4.69, 9.17) is 9.47 Å². The minimum absolute atomic E-state index is 0.0495. The molecule has 6 heteroatoms. The fourth-order valence-corrected chi connectivity index (χ4v) is 3.34. The minimum atomic E-state index is -0.330. The van der Waals surface area contributed by atoms with Crippen molar-refractivity contribution < 1.29 is 18.7 Å². The number of piperazine rings is 1. The first kappa shape index (κ1) is 19.2. The average molecular weight is 372 g/mol. The first-order chi connectivity index (χ1) is 13.2. The number of amides is 1. The molecule has 0 saturated carbocycles. The number of carbonyl (C=O) groups is 1. The summed E-state index contributed by atoms with van der Waals surface area (Å²) in [4.78, 5) is 14.7. The molecule has 1 aliphatic rings. The molecule has 0 aromatic heterocycles. The molecule has 3 rings (SSSR count). The van der Waals surface area contributed by atoms with Gasteiger partial charge in [0.05, 0.1) is 19.8 Å². The van der Waals surface area contributed by atoms with Gasteiger partial charge in [0.25, 0.3) is 0 Å².